The Morgan fingerprint density at radius 1 is 1.21 bits per heavy atom. The van der Waals surface area contributed by atoms with Gasteiger partial charge in [-0.2, -0.15) is 0 Å². The minimum Gasteiger partial charge on any atom is -0.343 e. The quantitative estimate of drug-likeness (QED) is 0.618. The summed E-state index contributed by atoms with van der Waals surface area (Å²) in [5.41, 5.74) is 5.08. The summed E-state index contributed by atoms with van der Waals surface area (Å²) in [6.07, 6.45) is 4.46. The molecule has 1 fully saturated rings. The Hall–Kier alpha value is -2.91. The summed E-state index contributed by atoms with van der Waals surface area (Å²) in [5.74, 6) is 1.00. The monoisotopic (exact) mass is 462 g/mol. The summed E-state index contributed by atoms with van der Waals surface area (Å²) in [6, 6.07) is 6.01. The van der Waals surface area contributed by atoms with Crippen LogP contribution in [0.1, 0.15) is 23.2 Å². The maximum Gasteiger partial charge on any atom is 0.226 e. The molecule has 3 aliphatic rings. The van der Waals surface area contributed by atoms with Crippen LogP contribution in [0.25, 0.3) is 11.0 Å². The van der Waals surface area contributed by atoms with Crippen molar-refractivity contribution in [1.82, 2.24) is 24.8 Å². The molecule has 2 aliphatic heterocycles. The number of piperazine rings is 1. The number of anilines is 2. The van der Waals surface area contributed by atoms with E-state index in [-0.39, 0.29) is 16.9 Å². The number of aromatic amines is 1. The van der Waals surface area contributed by atoms with Crippen LogP contribution in [-0.4, -0.2) is 69.0 Å². The van der Waals surface area contributed by atoms with E-state index in [0.717, 1.165) is 83.3 Å². The molecule has 33 heavy (non-hydrogen) atoms. The van der Waals surface area contributed by atoms with Crippen molar-refractivity contribution in [2.24, 2.45) is 5.92 Å². The fourth-order valence-corrected chi connectivity index (χ4v) is 6.09. The van der Waals surface area contributed by atoms with E-state index < -0.39 is 0 Å². The predicted molar refractivity (Wildman–Crippen MR) is 128 cm³/mol. The molecule has 0 saturated carbocycles. The molecule has 1 aliphatic carbocycles. The van der Waals surface area contributed by atoms with Gasteiger partial charge in [-0.3, -0.25) is 9.59 Å². The average molecular weight is 463 g/mol. The summed E-state index contributed by atoms with van der Waals surface area (Å²) in [7, 11) is 2.10. The molecule has 9 heteroatoms. The third-order valence-corrected chi connectivity index (χ3v) is 8.00. The van der Waals surface area contributed by atoms with E-state index in [0.29, 0.717) is 12.8 Å². The van der Waals surface area contributed by atoms with Gasteiger partial charge < -0.3 is 20.1 Å². The smallest absolute Gasteiger partial charge is 0.226 e. The standard InChI is InChI=1S/C24H26N6O2S/c1-29-6-8-30(9-7-29)24(32)15-3-5-18-17(10-15)21-22(25-13-26-23(21)28-18)27-16-4-2-14-11-20(31)33-19(14)12-16/h2,4,12-13,15H,3,5-11H2,1H3,(H2,25,26,27,28). The Morgan fingerprint density at radius 2 is 2.06 bits per heavy atom. The van der Waals surface area contributed by atoms with Crippen molar-refractivity contribution in [2.75, 3.05) is 38.5 Å². The second kappa shape index (κ2) is 8.14. The van der Waals surface area contributed by atoms with Gasteiger partial charge in [-0.25, -0.2) is 9.97 Å². The number of benzene rings is 1. The van der Waals surface area contributed by atoms with Gasteiger partial charge in [0.15, 0.2) is 5.12 Å². The van der Waals surface area contributed by atoms with Crippen LogP contribution >= 0.6 is 11.8 Å². The summed E-state index contributed by atoms with van der Waals surface area (Å²) < 4.78 is 0. The number of hydrogen-bond donors (Lipinski definition) is 2. The molecule has 2 N–H and O–H groups in total. The zero-order valence-corrected chi connectivity index (χ0v) is 19.4. The van der Waals surface area contributed by atoms with Crippen molar-refractivity contribution in [3.8, 4) is 0 Å². The maximum atomic E-state index is 13.3. The van der Waals surface area contributed by atoms with Crippen LogP contribution < -0.4 is 5.32 Å². The van der Waals surface area contributed by atoms with E-state index in [4.69, 9.17) is 0 Å². The lowest BCUT2D eigenvalue weighted by Crippen LogP contribution is -2.49. The number of carbonyl (C=O) groups excluding carboxylic acids is 2. The van der Waals surface area contributed by atoms with Gasteiger partial charge in [0.1, 0.15) is 17.8 Å². The van der Waals surface area contributed by atoms with E-state index in [1.807, 2.05) is 23.1 Å². The molecule has 0 spiro atoms. The Bertz CT molecular complexity index is 1260. The highest BCUT2D eigenvalue weighted by Crippen LogP contribution is 2.38. The van der Waals surface area contributed by atoms with Crippen LogP contribution in [0.4, 0.5) is 11.5 Å². The Kier molecular flexibility index (Phi) is 5.10. The molecule has 0 bridgehead atoms. The van der Waals surface area contributed by atoms with Gasteiger partial charge in [-0.05, 0) is 49.6 Å². The van der Waals surface area contributed by atoms with Gasteiger partial charge in [0, 0.05) is 54.8 Å². The number of aryl methyl sites for hydroxylation is 1. The maximum absolute atomic E-state index is 13.3. The van der Waals surface area contributed by atoms with Gasteiger partial charge in [0.05, 0.1) is 5.39 Å². The molecule has 170 valence electrons. The summed E-state index contributed by atoms with van der Waals surface area (Å²) in [6.45, 7) is 3.48. The van der Waals surface area contributed by atoms with Crippen LogP contribution in [0.15, 0.2) is 29.4 Å². The van der Waals surface area contributed by atoms with Crippen LogP contribution in [0.5, 0.6) is 0 Å². The molecule has 1 unspecified atom stereocenters. The molecule has 4 heterocycles. The number of carbonyl (C=O) groups is 2. The summed E-state index contributed by atoms with van der Waals surface area (Å²) in [4.78, 5) is 42.8. The topological polar surface area (TPSA) is 94.2 Å². The van der Waals surface area contributed by atoms with Gasteiger partial charge in [-0.15, -0.1) is 0 Å². The number of nitrogens with one attached hydrogen (secondary N) is 2. The van der Waals surface area contributed by atoms with Crippen molar-refractivity contribution < 1.29 is 9.59 Å². The number of H-pyrrole nitrogens is 1. The number of thioether (sulfide) groups is 1. The number of hydrogen-bond acceptors (Lipinski definition) is 7. The second-order valence-corrected chi connectivity index (χ2v) is 10.3. The first kappa shape index (κ1) is 20.7. The highest BCUT2D eigenvalue weighted by Gasteiger charge is 2.32. The molecule has 1 aromatic carbocycles. The first-order chi connectivity index (χ1) is 16.0. The van der Waals surface area contributed by atoms with Crippen LogP contribution in [-0.2, 0) is 28.9 Å². The normalized spacial score (nSPS) is 20.7. The largest absolute Gasteiger partial charge is 0.343 e. The number of aromatic nitrogens is 3. The van der Waals surface area contributed by atoms with E-state index in [9.17, 15) is 9.59 Å². The number of fused-ring (bicyclic) bond motifs is 4. The Morgan fingerprint density at radius 3 is 2.91 bits per heavy atom. The number of amides is 1. The Balaban J connectivity index is 1.29. The van der Waals surface area contributed by atoms with Crippen molar-refractivity contribution in [3.63, 3.8) is 0 Å². The van der Waals surface area contributed by atoms with Gasteiger partial charge in [0.25, 0.3) is 0 Å². The lowest BCUT2D eigenvalue weighted by molar-refractivity contribution is -0.137. The SMILES string of the molecule is CN1CCN(C(=O)C2CCc3[nH]c4ncnc(Nc5ccc6c(c5)SC(=O)C6)c4c3C2)CC1. The highest BCUT2D eigenvalue weighted by molar-refractivity contribution is 8.14. The minimum atomic E-state index is -0.00429. The van der Waals surface area contributed by atoms with Crippen LogP contribution in [0, 0.1) is 5.92 Å². The minimum absolute atomic E-state index is 0.00429. The lowest BCUT2D eigenvalue weighted by Gasteiger charge is -2.35. The van der Waals surface area contributed by atoms with E-state index in [1.165, 1.54) is 11.8 Å². The van der Waals surface area contributed by atoms with E-state index in [2.05, 4.69) is 32.2 Å². The first-order valence-electron chi connectivity index (χ1n) is 11.5. The average Bonchev–Trinajstić information content (AvgIpc) is 3.38. The number of likely N-dealkylation sites (N-methyl/N-ethyl adjacent to an activating group) is 1. The molecule has 0 radical (unpaired) electrons. The molecule has 3 aromatic rings. The lowest BCUT2D eigenvalue weighted by atomic mass is 9.85. The molecule has 1 saturated heterocycles. The van der Waals surface area contributed by atoms with E-state index in [1.54, 1.807) is 6.33 Å². The molecule has 2 aromatic heterocycles. The van der Waals surface area contributed by atoms with Crippen molar-refractivity contribution in [1.29, 1.82) is 0 Å². The van der Waals surface area contributed by atoms with Gasteiger partial charge in [-0.1, -0.05) is 17.8 Å². The molecule has 1 atom stereocenters. The Labute approximate surface area is 196 Å². The molecular formula is C24H26N6O2S. The van der Waals surface area contributed by atoms with Crippen LogP contribution in [0.2, 0.25) is 0 Å². The van der Waals surface area contributed by atoms with Crippen molar-refractivity contribution in [2.45, 2.75) is 30.6 Å². The second-order valence-electron chi connectivity index (χ2n) is 9.19. The summed E-state index contributed by atoms with van der Waals surface area (Å²) >= 11 is 1.30. The fraction of sp³-hybridized carbons (Fsp3) is 0.417. The highest BCUT2D eigenvalue weighted by atomic mass is 32.2. The van der Waals surface area contributed by atoms with Gasteiger partial charge in [0.2, 0.25) is 5.91 Å². The number of nitrogens with zero attached hydrogens (tertiary/aromatic N) is 4. The molecule has 8 nitrogen and oxygen atoms in total. The predicted octanol–water partition coefficient (Wildman–Crippen LogP) is 2.76. The zero-order chi connectivity index (χ0) is 22.5. The third-order valence-electron chi connectivity index (χ3n) is 7.03. The zero-order valence-electron chi connectivity index (χ0n) is 18.6. The summed E-state index contributed by atoms with van der Waals surface area (Å²) in [5, 5.41) is 4.59. The van der Waals surface area contributed by atoms with Crippen molar-refractivity contribution in [3.05, 3.63) is 41.3 Å². The van der Waals surface area contributed by atoms with Crippen LogP contribution in [0.3, 0.4) is 0 Å². The molecule has 6 rings (SSSR count). The third kappa shape index (κ3) is 3.79. The molecular weight excluding hydrogens is 436 g/mol. The van der Waals surface area contributed by atoms with E-state index >= 15 is 0 Å². The van der Waals surface area contributed by atoms with Gasteiger partial charge >= 0.3 is 0 Å². The number of rotatable bonds is 3. The first-order valence-corrected chi connectivity index (χ1v) is 12.3. The molecule has 1 amide bonds. The van der Waals surface area contributed by atoms with Crippen molar-refractivity contribution >= 4 is 45.3 Å². The fourth-order valence-electron chi connectivity index (χ4n) is 5.16.